The number of carbonyl (C=O) groups is 1. The quantitative estimate of drug-likeness (QED) is 0.741. The molecule has 1 atom stereocenters. The zero-order valence-corrected chi connectivity index (χ0v) is 12.8. The monoisotopic (exact) mass is 319 g/mol. The smallest absolute Gasteiger partial charge is 0.253 e. The van der Waals surface area contributed by atoms with Crippen LogP contribution in [0.5, 0.6) is 0 Å². The topological polar surface area (TPSA) is 88.0 Å². The minimum atomic E-state index is -0.218. The Labute approximate surface area is 134 Å². The van der Waals surface area contributed by atoms with E-state index in [0.29, 0.717) is 5.56 Å². The van der Waals surface area contributed by atoms with Crippen molar-refractivity contribution in [1.82, 2.24) is 10.3 Å². The molecular weight excluding hydrogens is 302 g/mol. The summed E-state index contributed by atoms with van der Waals surface area (Å²) in [6.45, 7) is 0. The Morgan fingerprint density at radius 3 is 2.82 bits per heavy atom. The number of nitrogens with two attached hydrogens (primary N) is 1. The molecule has 1 unspecified atom stereocenters. The maximum Gasteiger partial charge on any atom is 0.253 e. The number of aromatic nitrogens is 1. The number of nitrogen functional groups attached to an aromatic ring is 1. The number of aromatic amines is 1. The number of halogens is 1. The fraction of sp³-hybridized carbons (Fsp3) is 0.250. The van der Waals surface area contributed by atoms with E-state index in [2.05, 4.69) is 10.3 Å². The molecular formula is C16H18ClN3O2. The Morgan fingerprint density at radius 1 is 1.27 bits per heavy atom. The molecule has 1 amide bonds. The van der Waals surface area contributed by atoms with Gasteiger partial charge in [-0.2, -0.15) is 0 Å². The summed E-state index contributed by atoms with van der Waals surface area (Å²) in [4.78, 5) is 25.8. The van der Waals surface area contributed by atoms with Crippen molar-refractivity contribution in [2.75, 3.05) is 5.73 Å². The summed E-state index contributed by atoms with van der Waals surface area (Å²) in [5.41, 5.74) is 9.14. The van der Waals surface area contributed by atoms with Crippen molar-refractivity contribution in [2.45, 2.75) is 25.3 Å². The summed E-state index contributed by atoms with van der Waals surface area (Å²) < 4.78 is 0. The lowest BCUT2D eigenvalue weighted by molar-refractivity contribution is 0.0932. The molecule has 3 rings (SSSR count). The maximum absolute atomic E-state index is 12.2. The SMILES string of the molecule is Cl.Nc1ccc2c(c1)CCCC2NC(=O)c1ccc(=O)[nH]c1. The number of benzene rings is 1. The molecule has 0 fully saturated rings. The second-order valence-electron chi connectivity index (χ2n) is 5.32. The van der Waals surface area contributed by atoms with E-state index < -0.39 is 0 Å². The van der Waals surface area contributed by atoms with Crippen LogP contribution < -0.4 is 16.6 Å². The molecule has 0 spiro atoms. The minimum absolute atomic E-state index is 0. The van der Waals surface area contributed by atoms with Crippen molar-refractivity contribution in [3.05, 3.63) is 63.6 Å². The van der Waals surface area contributed by atoms with E-state index in [9.17, 15) is 9.59 Å². The molecule has 0 radical (unpaired) electrons. The number of nitrogens with one attached hydrogen (secondary N) is 2. The Hall–Kier alpha value is -2.27. The lowest BCUT2D eigenvalue weighted by atomic mass is 9.87. The van der Waals surface area contributed by atoms with E-state index in [4.69, 9.17) is 5.73 Å². The van der Waals surface area contributed by atoms with Crippen LogP contribution in [0.2, 0.25) is 0 Å². The third kappa shape index (κ3) is 3.31. The molecule has 1 aromatic heterocycles. The van der Waals surface area contributed by atoms with Gasteiger partial charge in [0.25, 0.3) is 5.91 Å². The van der Waals surface area contributed by atoms with Crippen molar-refractivity contribution in [2.24, 2.45) is 0 Å². The molecule has 116 valence electrons. The average molecular weight is 320 g/mol. The van der Waals surface area contributed by atoms with Crippen molar-refractivity contribution in [1.29, 1.82) is 0 Å². The average Bonchev–Trinajstić information content (AvgIpc) is 2.47. The third-order valence-corrected chi connectivity index (χ3v) is 3.83. The van der Waals surface area contributed by atoms with Gasteiger partial charge in [0.2, 0.25) is 5.56 Å². The fourth-order valence-corrected chi connectivity index (χ4v) is 2.78. The Morgan fingerprint density at radius 2 is 2.09 bits per heavy atom. The second kappa shape index (κ2) is 6.66. The number of aryl methyl sites for hydroxylation is 1. The summed E-state index contributed by atoms with van der Waals surface area (Å²) in [7, 11) is 0. The standard InChI is InChI=1S/C16H17N3O2.ClH/c17-12-5-6-13-10(8-12)2-1-3-14(13)19-16(21)11-4-7-15(20)18-9-11;/h4-9,14H,1-3,17H2,(H,18,20)(H,19,21);1H. The van der Waals surface area contributed by atoms with Gasteiger partial charge in [0.05, 0.1) is 11.6 Å². The molecule has 1 aliphatic carbocycles. The number of carbonyl (C=O) groups excluding carboxylic acids is 1. The Kier molecular flexibility index (Phi) is 4.88. The van der Waals surface area contributed by atoms with E-state index in [-0.39, 0.29) is 29.9 Å². The lowest BCUT2D eigenvalue weighted by Gasteiger charge is -2.26. The van der Waals surface area contributed by atoms with Gasteiger partial charge in [0.1, 0.15) is 0 Å². The molecule has 6 heteroatoms. The predicted molar refractivity (Wildman–Crippen MR) is 88.3 cm³/mol. The third-order valence-electron chi connectivity index (χ3n) is 3.83. The summed E-state index contributed by atoms with van der Waals surface area (Å²) in [6, 6.07) is 8.71. The van der Waals surface area contributed by atoms with Crippen LogP contribution in [0.25, 0.3) is 0 Å². The number of H-pyrrole nitrogens is 1. The molecule has 5 nitrogen and oxygen atoms in total. The van der Waals surface area contributed by atoms with E-state index in [1.54, 1.807) is 0 Å². The second-order valence-corrected chi connectivity index (χ2v) is 5.32. The first-order valence-electron chi connectivity index (χ1n) is 7.01. The van der Waals surface area contributed by atoms with Gasteiger partial charge in [0.15, 0.2) is 0 Å². The molecule has 2 aromatic rings. The van der Waals surface area contributed by atoms with Gasteiger partial charge >= 0.3 is 0 Å². The maximum atomic E-state index is 12.2. The normalized spacial score (nSPS) is 16.3. The first kappa shape index (κ1) is 16.1. The highest BCUT2D eigenvalue weighted by atomic mass is 35.5. The zero-order chi connectivity index (χ0) is 14.8. The number of hydrogen-bond donors (Lipinski definition) is 3. The molecule has 0 bridgehead atoms. The van der Waals surface area contributed by atoms with Crippen LogP contribution in [-0.2, 0) is 6.42 Å². The lowest BCUT2D eigenvalue weighted by Crippen LogP contribution is -2.31. The van der Waals surface area contributed by atoms with E-state index in [1.807, 2.05) is 18.2 Å². The molecule has 4 N–H and O–H groups in total. The molecule has 22 heavy (non-hydrogen) atoms. The van der Waals surface area contributed by atoms with Crippen LogP contribution in [0.3, 0.4) is 0 Å². The predicted octanol–water partition coefficient (Wildman–Crippen LogP) is 2.19. The first-order chi connectivity index (χ1) is 10.1. The molecule has 1 aromatic carbocycles. The van der Waals surface area contributed by atoms with Crippen LogP contribution in [0.4, 0.5) is 5.69 Å². The number of fused-ring (bicyclic) bond motifs is 1. The van der Waals surface area contributed by atoms with Gasteiger partial charge in [-0.15, -0.1) is 12.4 Å². The Balaban J connectivity index is 0.00000176. The van der Waals surface area contributed by atoms with Gasteiger partial charge in [-0.25, -0.2) is 0 Å². The largest absolute Gasteiger partial charge is 0.399 e. The fourth-order valence-electron chi connectivity index (χ4n) is 2.78. The number of hydrogen-bond acceptors (Lipinski definition) is 3. The van der Waals surface area contributed by atoms with Crippen molar-refractivity contribution >= 4 is 24.0 Å². The van der Waals surface area contributed by atoms with Gasteiger partial charge in [-0.05, 0) is 48.6 Å². The van der Waals surface area contributed by atoms with Crippen LogP contribution in [0.15, 0.2) is 41.3 Å². The van der Waals surface area contributed by atoms with Gasteiger partial charge in [-0.3, -0.25) is 9.59 Å². The van der Waals surface area contributed by atoms with Crippen molar-refractivity contribution in [3.63, 3.8) is 0 Å². The Bertz CT molecular complexity index is 722. The van der Waals surface area contributed by atoms with E-state index >= 15 is 0 Å². The van der Waals surface area contributed by atoms with Gasteiger partial charge in [-0.1, -0.05) is 6.07 Å². The molecule has 0 saturated heterocycles. The van der Waals surface area contributed by atoms with Crippen molar-refractivity contribution < 1.29 is 4.79 Å². The van der Waals surface area contributed by atoms with Crippen molar-refractivity contribution in [3.8, 4) is 0 Å². The number of pyridine rings is 1. The number of amides is 1. The van der Waals surface area contributed by atoms with Crippen LogP contribution >= 0.6 is 12.4 Å². The highest BCUT2D eigenvalue weighted by molar-refractivity contribution is 5.94. The van der Waals surface area contributed by atoms with E-state index in [0.717, 1.165) is 30.5 Å². The minimum Gasteiger partial charge on any atom is -0.399 e. The van der Waals surface area contributed by atoms with Crippen LogP contribution in [0, 0.1) is 0 Å². The number of rotatable bonds is 2. The van der Waals surface area contributed by atoms with Gasteiger partial charge in [0, 0.05) is 18.0 Å². The summed E-state index contributed by atoms with van der Waals surface area (Å²) in [5.74, 6) is -0.180. The highest BCUT2D eigenvalue weighted by Crippen LogP contribution is 2.31. The molecule has 0 saturated carbocycles. The van der Waals surface area contributed by atoms with E-state index in [1.165, 1.54) is 23.9 Å². The first-order valence-corrected chi connectivity index (χ1v) is 7.01. The van der Waals surface area contributed by atoms with Crippen LogP contribution in [-0.4, -0.2) is 10.9 Å². The molecule has 1 heterocycles. The summed E-state index contributed by atoms with van der Waals surface area (Å²) in [5, 5.41) is 3.03. The molecule has 1 aliphatic rings. The van der Waals surface area contributed by atoms with Gasteiger partial charge < -0.3 is 16.0 Å². The molecule has 0 aliphatic heterocycles. The highest BCUT2D eigenvalue weighted by Gasteiger charge is 2.22. The summed E-state index contributed by atoms with van der Waals surface area (Å²) in [6.07, 6.45) is 4.36. The zero-order valence-electron chi connectivity index (χ0n) is 12.0. The summed E-state index contributed by atoms with van der Waals surface area (Å²) >= 11 is 0. The van der Waals surface area contributed by atoms with Crippen LogP contribution in [0.1, 0.15) is 40.4 Å². The number of anilines is 1.